The zero-order valence-electron chi connectivity index (χ0n) is 7.89. The summed E-state index contributed by atoms with van der Waals surface area (Å²) in [7, 11) is -3.13. The summed E-state index contributed by atoms with van der Waals surface area (Å²) in [5.41, 5.74) is 0. The summed E-state index contributed by atoms with van der Waals surface area (Å²) in [4.78, 5) is 19.1. The van der Waals surface area contributed by atoms with Gasteiger partial charge in [0, 0.05) is 23.7 Å². The molecule has 0 atom stereocenters. The van der Waals surface area contributed by atoms with Crippen molar-refractivity contribution < 1.29 is 18.0 Å². The minimum Gasteiger partial charge on any atom is -0.303 e. The van der Waals surface area contributed by atoms with Gasteiger partial charge in [-0.3, -0.25) is 0 Å². The van der Waals surface area contributed by atoms with E-state index in [2.05, 4.69) is 13.2 Å². The van der Waals surface area contributed by atoms with E-state index >= 15 is 0 Å². The number of unbranched alkanes of at least 4 members (excludes halogenated alkanes) is 2. The van der Waals surface area contributed by atoms with Gasteiger partial charge in [-0.25, -0.2) is 8.42 Å². The SMILES string of the molecule is C=CS(=O)(=O)C=C.O=CCCCC=O. The molecular formula is C9H14O4S. The van der Waals surface area contributed by atoms with Crippen molar-refractivity contribution in [2.24, 2.45) is 0 Å². The van der Waals surface area contributed by atoms with E-state index in [1.54, 1.807) is 0 Å². The number of hydrogen-bond donors (Lipinski definition) is 0. The Morgan fingerprint density at radius 3 is 1.43 bits per heavy atom. The van der Waals surface area contributed by atoms with E-state index in [1.165, 1.54) is 0 Å². The van der Waals surface area contributed by atoms with Gasteiger partial charge in [-0.15, -0.1) is 0 Å². The van der Waals surface area contributed by atoms with Crippen LogP contribution in [0.2, 0.25) is 0 Å². The van der Waals surface area contributed by atoms with E-state index < -0.39 is 9.84 Å². The number of carbonyl (C=O) groups excluding carboxylic acids is 2. The highest BCUT2D eigenvalue weighted by molar-refractivity contribution is 7.97. The van der Waals surface area contributed by atoms with Crippen molar-refractivity contribution in [3.63, 3.8) is 0 Å². The smallest absolute Gasteiger partial charge is 0.191 e. The molecule has 14 heavy (non-hydrogen) atoms. The number of aldehydes is 2. The molecule has 0 amide bonds. The molecule has 0 aliphatic carbocycles. The Labute approximate surface area is 84.2 Å². The highest BCUT2D eigenvalue weighted by atomic mass is 32.2. The van der Waals surface area contributed by atoms with Crippen molar-refractivity contribution >= 4 is 22.4 Å². The van der Waals surface area contributed by atoms with Crippen molar-refractivity contribution in [3.8, 4) is 0 Å². The first kappa shape index (κ1) is 15.3. The van der Waals surface area contributed by atoms with Crippen LogP contribution in [0.4, 0.5) is 0 Å². The lowest BCUT2D eigenvalue weighted by Crippen LogP contribution is -1.83. The molecular weight excluding hydrogens is 204 g/mol. The van der Waals surface area contributed by atoms with Crippen LogP contribution in [-0.4, -0.2) is 21.0 Å². The third-order valence-electron chi connectivity index (χ3n) is 1.11. The van der Waals surface area contributed by atoms with Gasteiger partial charge in [-0.05, 0) is 6.42 Å². The lowest BCUT2D eigenvalue weighted by atomic mass is 10.3. The molecule has 0 spiro atoms. The lowest BCUT2D eigenvalue weighted by molar-refractivity contribution is -0.108. The van der Waals surface area contributed by atoms with E-state index in [-0.39, 0.29) is 0 Å². The molecule has 0 fully saturated rings. The molecule has 0 rings (SSSR count). The van der Waals surface area contributed by atoms with Crippen LogP contribution in [0.5, 0.6) is 0 Å². The van der Waals surface area contributed by atoms with Crippen LogP contribution in [0.1, 0.15) is 19.3 Å². The number of carbonyl (C=O) groups is 2. The van der Waals surface area contributed by atoms with Gasteiger partial charge in [0.2, 0.25) is 0 Å². The van der Waals surface area contributed by atoms with E-state index in [1.807, 2.05) is 0 Å². The second-order valence-corrected chi connectivity index (χ2v) is 4.03. The fraction of sp³-hybridized carbons (Fsp3) is 0.333. The summed E-state index contributed by atoms with van der Waals surface area (Å²) in [6, 6.07) is 0. The second kappa shape index (κ2) is 9.85. The third kappa shape index (κ3) is 13.4. The Morgan fingerprint density at radius 1 is 0.929 bits per heavy atom. The van der Waals surface area contributed by atoms with Crippen molar-refractivity contribution in [2.75, 3.05) is 0 Å². The molecule has 0 radical (unpaired) electrons. The Kier molecular flexibility index (Phi) is 10.7. The highest BCUT2D eigenvalue weighted by Gasteiger charge is 1.90. The largest absolute Gasteiger partial charge is 0.303 e. The third-order valence-corrected chi connectivity index (χ3v) is 2.04. The lowest BCUT2D eigenvalue weighted by Gasteiger charge is -1.78. The fourth-order valence-corrected chi connectivity index (χ4v) is 0.489. The topological polar surface area (TPSA) is 68.3 Å². The maximum Gasteiger partial charge on any atom is 0.191 e. The molecule has 5 heteroatoms. The molecule has 0 aromatic rings. The first-order valence-electron chi connectivity index (χ1n) is 3.91. The quantitative estimate of drug-likeness (QED) is 0.497. The average Bonchev–Trinajstić information content (AvgIpc) is 2.20. The maximum absolute atomic E-state index is 10.1. The molecule has 0 aromatic carbocycles. The van der Waals surface area contributed by atoms with E-state index in [4.69, 9.17) is 0 Å². The minimum absolute atomic E-state index is 0.513. The Hall–Kier alpha value is -1.23. The van der Waals surface area contributed by atoms with Crippen molar-refractivity contribution in [1.82, 2.24) is 0 Å². The zero-order valence-corrected chi connectivity index (χ0v) is 8.70. The number of rotatable bonds is 6. The van der Waals surface area contributed by atoms with E-state index in [0.29, 0.717) is 19.3 Å². The van der Waals surface area contributed by atoms with Gasteiger partial charge in [0.05, 0.1) is 0 Å². The van der Waals surface area contributed by atoms with Gasteiger partial charge in [0.1, 0.15) is 12.6 Å². The second-order valence-electron chi connectivity index (χ2n) is 2.19. The van der Waals surface area contributed by atoms with Gasteiger partial charge in [0.25, 0.3) is 0 Å². The van der Waals surface area contributed by atoms with Crippen LogP contribution >= 0.6 is 0 Å². The molecule has 0 unspecified atom stereocenters. The summed E-state index contributed by atoms with van der Waals surface area (Å²) in [6.07, 6.45) is 3.37. The molecule has 0 saturated carbocycles. The van der Waals surface area contributed by atoms with Gasteiger partial charge >= 0.3 is 0 Å². The standard InChI is InChI=1S/C5H8O2.C4H6O2S/c6-4-2-1-3-5-7;1-3-7(5,6)4-2/h4-5H,1-3H2;3-4H,1-2H2. The predicted octanol–water partition coefficient (Wildman–Crippen LogP) is 1.24. The van der Waals surface area contributed by atoms with Crippen LogP contribution in [0.15, 0.2) is 24.0 Å². The van der Waals surface area contributed by atoms with Crippen LogP contribution in [0, 0.1) is 0 Å². The van der Waals surface area contributed by atoms with Crippen LogP contribution in [0.25, 0.3) is 0 Å². The van der Waals surface area contributed by atoms with Crippen LogP contribution < -0.4 is 0 Å². The Balaban J connectivity index is 0. The molecule has 0 heterocycles. The van der Waals surface area contributed by atoms with E-state index in [0.717, 1.165) is 23.4 Å². The maximum atomic E-state index is 10.1. The van der Waals surface area contributed by atoms with Crippen LogP contribution in [-0.2, 0) is 19.4 Å². The van der Waals surface area contributed by atoms with Crippen molar-refractivity contribution in [1.29, 1.82) is 0 Å². The fourth-order valence-electron chi connectivity index (χ4n) is 0.353. The highest BCUT2D eigenvalue weighted by Crippen LogP contribution is 1.87. The Bertz CT molecular complexity index is 255. The normalized spacial score (nSPS) is 9.14. The monoisotopic (exact) mass is 218 g/mol. The summed E-state index contributed by atoms with van der Waals surface area (Å²) in [6.45, 7) is 6.09. The molecule has 0 aromatic heterocycles. The number of hydrogen-bond acceptors (Lipinski definition) is 4. The summed E-state index contributed by atoms with van der Waals surface area (Å²) < 4.78 is 20.3. The molecule has 0 N–H and O–H groups in total. The van der Waals surface area contributed by atoms with Crippen molar-refractivity contribution in [3.05, 3.63) is 24.0 Å². The molecule has 80 valence electrons. The molecule has 0 aliphatic rings. The Morgan fingerprint density at radius 2 is 1.29 bits per heavy atom. The van der Waals surface area contributed by atoms with Crippen LogP contribution in [0.3, 0.4) is 0 Å². The number of sulfone groups is 1. The molecule has 0 bridgehead atoms. The van der Waals surface area contributed by atoms with Crippen molar-refractivity contribution in [2.45, 2.75) is 19.3 Å². The van der Waals surface area contributed by atoms with Gasteiger partial charge in [-0.1, -0.05) is 13.2 Å². The molecule has 0 aliphatic heterocycles. The summed E-state index contributed by atoms with van der Waals surface area (Å²) >= 11 is 0. The average molecular weight is 218 g/mol. The van der Waals surface area contributed by atoms with Gasteiger partial charge in [-0.2, -0.15) is 0 Å². The first-order chi connectivity index (χ1) is 6.54. The predicted molar refractivity (Wildman–Crippen MR) is 55.3 cm³/mol. The van der Waals surface area contributed by atoms with Gasteiger partial charge in [0.15, 0.2) is 9.84 Å². The summed E-state index contributed by atoms with van der Waals surface area (Å²) in [5, 5.41) is 1.69. The van der Waals surface area contributed by atoms with Gasteiger partial charge < -0.3 is 9.59 Å². The zero-order chi connectivity index (χ0) is 11.4. The summed E-state index contributed by atoms with van der Waals surface area (Å²) in [5.74, 6) is 0. The minimum atomic E-state index is -3.13. The first-order valence-corrected chi connectivity index (χ1v) is 5.52. The van der Waals surface area contributed by atoms with E-state index in [9.17, 15) is 18.0 Å². The molecule has 4 nitrogen and oxygen atoms in total. The molecule has 0 saturated heterocycles.